The maximum Gasteiger partial charge on any atom is 0.195 e. The van der Waals surface area contributed by atoms with Gasteiger partial charge in [-0.25, -0.2) is 9.97 Å². The Balaban J connectivity index is 1.72. The Morgan fingerprint density at radius 1 is 1.44 bits per heavy atom. The van der Waals surface area contributed by atoms with Crippen molar-refractivity contribution >= 4 is 11.3 Å². The minimum atomic E-state index is 0.839. The van der Waals surface area contributed by atoms with Gasteiger partial charge in [0.25, 0.3) is 0 Å². The van der Waals surface area contributed by atoms with Crippen LogP contribution < -0.4 is 5.32 Å². The van der Waals surface area contributed by atoms with Crippen LogP contribution in [0, 0.1) is 0 Å². The molecule has 3 rings (SSSR count). The lowest BCUT2D eigenvalue weighted by atomic mass is 10.4. The summed E-state index contributed by atoms with van der Waals surface area (Å²) in [6.07, 6.45) is 8.72. The molecule has 1 aliphatic rings. The van der Waals surface area contributed by atoms with E-state index in [1.165, 1.54) is 23.4 Å². The number of fused-ring (bicyclic) bond motifs is 1. The minimum Gasteiger partial charge on any atom is -0.311 e. The lowest BCUT2D eigenvalue weighted by molar-refractivity contribution is 0.666. The van der Waals surface area contributed by atoms with Crippen molar-refractivity contribution in [3.05, 3.63) is 28.8 Å². The highest BCUT2D eigenvalue weighted by atomic mass is 32.1. The molecule has 2 heterocycles. The highest BCUT2D eigenvalue weighted by Crippen LogP contribution is 2.29. The fraction of sp³-hybridized carbons (Fsp3) is 0.538. The summed E-state index contributed by atoms with van der Waals surface area (Å²) in [4.78, 5) is 10.6. The first-order chi connectivity index (χ1) is 8.86. The number of hydrogen-bond donors (Lipinski definition) is 1. The van der Waals surface area contributed by atoms with Gasteiger partial charge in [-0.2, -0.15) is 0 Å². The summed E-state index contributed by atoms with van der Waals surface area (Å²) >= 11 is 1.81. The van der Waals surface area contributed by atoms with Gasteiger partial charge >= 0.3 is 0 Å². The second-order valence-corrected chi connectivity index (χ2v) is 5.73. The van der Waals surface area contributed by atoms with Crippen LogP contribution >= 0.6 is 11.3 Å². The molecule has 0 saturated carbocycles. The van der Waals surface area contributed by atoms with E-state index in [-0.39, 0.29) is 0 Å². The Hall–Kier alpha value is -1.20. The van der Waals surface area contributed by atoms with Gasteiger partial charge in [-0.1, -0.05) is 6.92 Å². The van der Waals surface area contributed by atoms with Gasteiger partial charge in [0.05, 0.1) is 11.4 Å². The van der Waals surface area contributed by atoms with Crippen molar-refractivity contribution in [3.63, 3.8) is 0 Å². The van der Waals surface area contributed by atoms with Crippen LogP contribution in [0.2, 0.25) is 0 Å². The molecule has 0 radical (unpaired) electrons. The first kappa shape index (κ1) is 11.9. The van der Waals surface area contributed by atoms with Crippen molar-refractivity contribution in [1.29, 1.82) is 0 Å². The first-order valence-corrected chi connectivity index (χ1v) is 7.41. The van der Waals surface area contributed by atoms with Gasteiger partial charge in [-0.05, 0) is 32.2 Å². The van der Waals surface area contributed by atoms with Crippen molar-refractivity contribution in [2.24, 2.45) is 0 Å². The zero-order chi connectivity index (χ0) is 12.4. The lowest BCUT2D eigenvalue weighted by Gasteiger charge is -1.98. The Labute approximate surface area is 111 Å². The second kappa shape index (κ2) is 5.20. The fourth-order valence-electron chi connectivity index (χ4n) is 2.24. The standard InChI is InChI=1S/C13H18N4S/c1-2-6-14-7-10-8-17(9-15-10)13-16-11-4-3-5-12(11)18-13/h8-9,14H,2-7H2,1H3. The highest BCUT2D eigenvalue weighted by molar-refractivity contribution is 7.14. The third-order valence-electron chi connectivity index (χ3n) is 3.17. The number of thiazole rings is 1. The van der Waals surface area contributed by atoms with Crippen molar-refractivity contribution in [1.82, 2.24) is 19.9 Å². The summed E-state index contributed by atoms with van der Waals surface area (Å²) in [6, 6.07) is 0. The Bertz CT molecular complexity index is 507. The zero-order valence-electron chi connectivity index (χ0n) is 10.6. The number of imidazole rings is 1. The Morgan fingerprint density at radius 2 is 2.39 bits per heavy atom. The van der Waals surface area contributed by atoms with Crippen molar-refractivity contribution in [3.8, 4) is 5.13 Å². The molecule has 96 valence electrons. The molecule has 0 fully saturated rings. The summed E-state index contributed by atoms with van der Waals surface area (Å²) in [6.45, 7) is 4.05. The molecule has 18 heavy (non-hydrogen) atoms. The first-order valence-electron chi connectivity index (χ1n) is 6.59. The maximum absolute atomic E-state index is 4.69. The van der Waals surface area contributed by atoms with Gasteiger partial charge in [0.1, 0.15) is 6.33 Å². The van der Waals surface area contributed by atoms with E-state index in [2.05, 4.69) is 23.4 Å². The summed E-state index contributed by atoms with van der Waals surface area (Å²) in [5.41, 5.74) is 2.38. The van der Waals surface area contributed by atoms with Gasteiger partial charge < -0.3 is 5.32 Å². The topological polar surface area (TPSA) is 42.7 Å². The van der Waals surface area contributed by atoms with Crippen molar-refractivity contribution < 1.29 is 0 Å². The van der Waals surface area contributed by atoms with E-state index in [1.54, 1.807) is 0 Å². The number of aromatic nitrogens is 3. The quantitative estimate of drug-likeness (QED) is 0.841. The summed E-state index contributed by atoms with van der Waals surface area (Å²) < 4.78 is 2.05. The molecular weight excluding hydrogens is 244 g/mol. The van der Waals surface area contributed by atoms with E-state index in [9.17, 15) is 0 Å². The molecule has 0 unspecified atom stereocenters. The van der Waals surface area contributed by atoms with Crippen molar-refractivity contribution in [2.45, 2.75) is 39.2 Å². The average molecular weight is 262 g/mol. The smallest absolute Gasteiger partial charge is 0.195 e. The normalized spacial score (nSPS) is 14.1. The Morgan fingerprint density at radius 3 is 3.22 bits per heavy atom. The molecule has 0 spiro atoms. The summed E-state index contributed by atoms with van der Waals surface area (Å²) in [5.74, 6) is 0. The van der Waals surface area contributed by atoms with Crippen molar-refractivity contribution in [2.75, 3.05) is 6.54 Å². The minimum absolute atomic E-state index is 0.839. The van der Waals surface area contributed by atoms with Crippen LogP contribution in [0.4, 0.5) is 0 Å². The van der Waals surface area contributed by atoms with Crippen LogP contribution in [0.15, 0.2) is 12.5 Å². The van der Waals surface area contributed by atoms with E-state index >= 15 is 0 Å². The largest absolute Gasteiger partial charge is 0.311 e. The number of rotatable bonds is 5. The van der Waals surface area contributed by atoms with Crippen LogP contribution in [0.25, 0.3) is 5.13 Å². The summed E-state index contributed by atoms with van der Waals surface area (Å²) in [7, 11) is 0. The number of nitrogens with one attached hydrogen (secondary N) is 1. The van der Waals surface area contributed by atoms with Gasteiger partial charge in [0.2, 0.25) is 0 Å². The number of aryl methyl sites for hydroxylation is 2. The van der Waals surface area contributed by atoms with Gasteiger partial charge in [-0.15, -0.1) is 11.3 Å². The molecule has 4 nitrogen and oxygen atoms in total. The van der Waals surface area contributed by atoms with E-state index in [0.717, 1.165) is 36.8 Å². The van der Waals surface area contributed by atoms with Gasteiger partial charge in [-0.3, -0.25) is 4.57 Å². The molecule has 1 N–H and O–H groups in total. The summed E-state index contributed by atoms with van der Waals surface area (Å²) in [5, 5.41) is 4.43. The van der Waals surface area contributed by atoms with E-state index in [1.807, 2.05) is 22.2 Å². The molecule has 0 atom stereocenters. The molecule has 0 aliphatic heterocycles. The van der Waals surface area contributed by atoms with Gasteiger partial charge in [0.15, 0.2) is 5.13 Å². The van der Waals surface area contributed by atoms with E-state index in [0.29, 0.717) is 0 Å². The van der Waals surface area contributed by atoms with E-state index < -0.39 is 0 Å². The molecule has 0 saturated heterocycles. The molecule has 5 heteroatoms. The number of hydrogen-bond acceptors (Lipinski definition) is 4. The van der Waals surface area contributed by atoms with Gasteiger partial charge in [0, 0.05) is 17.6 Å². The third kappa shape index (κ3) is 2.33. The second-order valence-electron chi connectivity index (χ2n) is 4.67. The zero-order valence-corrected chi connectivity index (χ0v) is 11.5. The highest BCUT2D eigenvalue weighted by Gasteiger charge is 2.17. The predicted octanol–water partition coefficient (Wildman–Crippen LogP) is 2.32. The lowest BCUT2D eigenvalue weighted by Crippen LogP contribution is -2.13. The molecule has 2 aromatic heterocycles. The van der Waals surface area contributed by atoms with Crippen LogP contribution in [0.1, 0.15) is 36.0 Å². The average Bonchev–Trinajstić information content (AvgIpc) is 3.02. The van der Waals surface area contributed by atoms with Crippen LogP contribution in [-0.2, 0) is 19.4 Å². The molecular formula is C13H18N4S. The molecule has 1 aliphatic carbocycles. The third-order valence-corrected chi connectivity index (χ3v) is 4.35. The molecule has 0 aromatic carbocycles. The predicted molar refractivity (Wildman–Crippen MR) is 73.3 cm³/mol. The van der Waals surface area contributed by atoms with Crippen LogP contribution in [-0.4, -0.2) is 21.1 Å². The fourth-order valence-corrected chi connectivity index (χ4v) is 3.33. The van der Waals surface area contributed by atoms with Crippen LogP contribution in [0.3, 0.4) is 0 Å². The molecule has 0 bridgehead atoms. The Kier molecular flexibility index (Phi) is 3.43. The number of nitrogens with zero attached hydrogens (tertiary/aromatic N) is 3. The molecule has 0 amide bonds. The molecule has 2 aromatic rings. The monoisotopic (exact) mass is 262 g/mol. The van der Waals surface area contributed by atoms with E-state index in [4.69, 9.17) is 4.98 Å². The van der Waals surface area contributed by atoms with Crippen LogP contribution in [0.5, 0.6) is 0 Å². The maximum atomic E-state index is 4.69. The SMILES string of the molecule is CCCNCc1cn(-c2nc3c(s2)CCC3)cn1.